The molecule has 0 radical (unpaired) electrons. The lowest BCUT2D eigenvalue weighted by Gasteiger charge is -2.08. The fraction of sp³-hybridized carbons (Fsp3) is 0.188. The number of aromatic hydroxyl groups is 1. The van der Waals surface area contributed by atoms with Crippen LogP contribution < -0.4 is 10.1 Å². The van der Waals surface area contributed by atoms with E-state index in [1.807, 2.05) is 24.3 Å². The number of hydrogen-bond donors (Lipinski definition) is 3. The summed E-state index contributed by atoms with van der Waals surface area (Å²) in [5, 5.41) is 21.5. The van der Waals surface area contributed by atoms with Gasteiger partial charge in [-0.15, -0.1) is 0 Å². The van der Waals surface area contributed by atoms with Crippen molar-refractivity contribution in [3.63, 3.8) is 0 Å². The Morgan fingerprint density at radius 2 is 1.90 bits per heavy atom. The highest BCUT2D eigenvalue weighted by atomic mass is 16.5. The molecular formula is C16H17NO4. The quantitative estimate of drug-likeness (QED) is 0.712. The fourth-order valence-electron chi connectivity index (χ4n) is 1.96. The molecule has 0 saturated carbocycles. The minimum atomic E-state index is -1.15. The van der Waals surface area contributed by atoms with Crippen molar-refractivity contribution in [2.75, 3.05) is 19.0 Å². The molecule has 0 aliphatic heterocycles. The van der Waals surface area contributed by atoms with Gasteiger partial charge in [-0.25, -0.2) is 4.79 Å². The molecule has 0 aliphatic rings. The molecule has 110 valence electrons. The topological polar surface area (TPSA) is 78.8 Å². The molecule has 5 heteroatoms. The minimum Gasteiger partial charge on any atom is -0.507 e. The zero-order chi connectivity index (χ0) is 15.2. The molecule has 0 saturated heterocycles. The molecule has 2 aromatic carbocycles. The lowest BCUT2D eigenvalue weighted by molar-refractivity contribution is 0.0694. The summed E-state index contributed by atoms with van der Waals surface area (Å²) in [6.45, 7) is 0.663. The number of nitrogens with one attached hydrogen (secondary N) is 1. The molecule has 21 heavy (non-hydrogen) atoms. The second kappa shape index (κ2) is 6.65. The van der Waals surface area contributed by atoms with E-state index in [0.29, 0.717) is 12.2 Å². The van der Waals surface area contributed by atoms with E-state index in [0.717, 1.165) is 17.7 Å². The van der Waals surface area contributed by atoms with Crippen molar-refractivity contribution in [1.29, 1.82) is 0 Å². The van der Waals surface area contributed by atoms with Crippen molar-refractivity contribution in [3.8, 4) is 11.5 Å². The van der Waals surface area contributed by atoms with Crippen molar-refractivity contribution < 1.29 is 19.7 Å². The maximum atomic E-state index is 10.9. The van der Waals surface area contributed by atoms with Crippen molar-refractivity contribution in [2.24, 2.45) is 0 Å². The molecule has 0 bridgehead atoms. The number of carbonyl (C=O) groups is 1. The first-order chi connectivity index (χ1) is 10.1. The lowest BCUT2D eigenvalue weighted by atomic mass is 10.1. The Balaban J connectivity index is 1.93. The number of rotatable bonds is 6. The highest BCUT2D eigenvalue weighted by molar-refractivity contribution is 5.91. The van der Waals surface area contributed by atoms with E-state index in [1.54, 1.807) is 13.2 Å². The largest absolute Gasteiger partial charge is 0.507 e. The van der Waals surface area contributed by atoms with Gasteiger partial charge in [0.15, 0.2) is 0 Å². The highest BCUT2D eigenvalue weighted by Crippen LogP contribution is 2.21. The normalized spacial score (nSPS) is 10.1. The van der Waals surface area contributed by atoms with Crippen molar-refractivity contribution in [3.05, 3.63) is 53.6 Å². The zero-order valence-electron chi connectivity index (χ0n) is 11.7. The number of methoxy groups -OCH3 is 1. The minimum absolute atomic E-state index is 0.107. The Hall–Kier alpha value is -2.69. The number of ether oxygens (including phenoxy) is 1. The average Bonchev–Trinajstić information content (AvgIpc) is 2.49. The number of aromatic carboxylic acids is 1. The van der Waals surface area contributed by atoms with Gasteiger partial charge < -0.3 is 20.3 Å². The number of benzene rings is 2. The van der Waals surface area contributed by atoms with Gasteiger partial charge in [-0.3, -0.25) is 0 Å². The molecule has 2 aromatic rings. The van der Waals surface area contributed by atoms with Gasteiger partial charge in [0.2, 0.25) is 0 Å². The SMILES string of the molecule is COc1ccc(CCNc2ccc(O)c(C(=O)O)c2)cc1. The zero-order valence-corrected chi connectivity index (χ0v) is 11.7. The van der Waals surface area contributed by atoms with Gasteiger partial charge in [0.25, 0.3) is 0 Å². The summed E-state index contributed by atoms with van der Waals surface area (Å²) in [7, 11) is 1.63. The molecule has 0 fully saturated rings. The van der Waals surface area contributed by atoms with Crippen LogP contribution in [0, 0.1) is 0 Å². The summed E-state index contributed by atoms with van der Waals surface area (Å²) in [4.78, 5) is 10.9. The number of carboxylic acids is 1. The van der Waals surface area contributed by atoms with Crippen LogP contribution in [0.1, 0.15) is 15.9 Å². The van der Waals surface area contributed by atoms with E-state index in [4.69, 9.17) is 9.84 Å². The molecule has 0 unspecified atom stereocenters. The number of anilines is 1. The molecule has 3 N–H and O–H groups in total. The first kappa shape index (κ1) is 14.7. The van der Waals surface area contributed by atoms with Gasteiger partial charge in [-0.05, 0) is 42.3 Å². The highest BCUT2D eigenvalue weighted by Gasteiger charge is 2.09. The standard InChI is InChI=1S/C16H17NO4/c1-21-13-5-2-11(3-6-13)8-9-17-12-4-7-15(18)14(10-12)16(19)20/h2-7,10,17-18H,8-9H2,1H3,(H,19,20). The molecule has 0 heterocycles. The van der Waals surface area contributed by atoms with Crippen molar-refractivity contribution in [1.82, 2.24) is 0 Å². The maximum absolute atomic E-state index is 10.9. The summed E-state index contributed by atoms with van der Waals surface area (Å²) < 4.78 is 5.09. The summed E-state index contributed by atoms with van der Waals surface area (Å²) in [5.74, 6) is -0.564. The monoisotopic (exact) mass is 287 g/mol. The Morgan fingerprint density at radius 3 is 2.52 bits per heavy atom. The van der Waals surface area contributed by atoms with Crippen LogP contribution in [0.25, 0.3) is 0 Å². The number of hydrogen-bond acceptors (Lipinski definition) is 4. The third-order valence-corrected chi connectivity index (χ3v) is 3.13. The van der Waals surface area contributed by atoms with Gasteiger partial charge in [0.05, 0.1) is 7.11 Å². The van der Waals surface area contributed by atoms with Gasteiger partial charge >= 0.3 is 5.97 Å². The summed E-state index contributed by atoms with van der Waals surface area (Å²) in [5.41, 5.74) is 1.71. The van der Waals surface area contributed by atoms with Crippen LogP contribution in [-0.2, 0) is 6.42 Å². The lowest BCUT2D eigenvalue weighted by Crippen LogP contribution is -2.06. The first-order valence-electron chi connectivity index (χ1n) is 6.53. The van der Waals surface area contributed by atoms with E-state index in [9.17, 15) is 9.90 Å². The van der Waals surface area contributed by atoms with E-state index in [-0.39, 0.29) is 11.3 Å². The van der Waals surface area contributed by atoms with E-state index in [2.05, 4.69) is 5.32 Å². The third kappa shape index (κ3) is 3.89. The van der Waals surface area contributed by atoms with Gasteiger partial charge in [-0.2, -0.15) is 0 Å². The van der Waals surface area contributed by atoms with E-state index < -0.39 is 5.97 Å². The van der Waals surface area contributed by atoms with Crippen LogP contribution in [0.5, 0.6) is 11.5 Å². The van der Waals surface area contributed by atoms with Crippen LogP contribution in [0.15, 0.2) is 42.5 Å². The molecule has 0 atom stereocenters. The van der Waals surface area contributed by atoms with Gasteiger partial charge in [0, 0.05) is 12.2 Å². The maximum Gasteiger partial charge on any atom is 0.339 e. The average molecular weight is 287 g/mol. The van der Waals surface area contributed by atoms with Gasteiger partial charge in [0.1, 0.15) is 17.1 Å². The van der Waals surface area contributed by atoms with Crippen molar-refractivity contribution >= 4 is 11.7 Å². The molecule has 5 nitrogen and oxygen atoms in total. The fourth-order valence-corrected chi connectivity index (χ4v) is 1.96. The Bertz CT molecular complexity index is 623. The smallest absolute Gasteiger partial charge is 0.339 e. The second-order valence-corrected chi connectivity index (χ2v) is 4.56. The summed E-state index contributed by atoms with van der Waals surface area (Å²) in [6.07, 6.45) is 0.799. The molecule has 0 aliphatic carbocycles. The van der Waals surface area contributed by atoms with Crippen molar-refractivity contribution in [2.45, 2.75) is 6.42 Å². The van der Waals surface area contributed by atoms with E-state index in [1.165, 1.54) is 12.1 Å². The Kier molecular flexibility index (Phi) is 4.66. The first-order valence-corrected chi connectivity index (χ1v) is 6.53. The van der Waals surface area contributed by atoms with Crippen LogP contribution >= 0.6 is 0 Å². The molecule has 0 amide bonds. The van der Waals surface area contributed by atoms with Gasteiger partial charge in [-0.1, -0.05) is 12.1 Å². The van der Waals surface area contributed by atoms with Crippen LogP contribution in [0.3, 0.4) is 0 Å². The van der Waals surface area contributed by atoms with Crippen LogP contribution in [-0.4, -0.2) is 29.8 Å². The second-order valence-electron chi connectivity index (χ2n) is 4.56. The summed E-state index contributed by atoms with van der Waals surface area (Å²) >= 11 is 0. The number of phenols is 1. The molecule has 2 rings (SSSR count). The summed E-state index contributed by atoms with van der Waals surface area (Å²) in [6, 6.07) is 12.2. The Labute approximate surface area is 122 Å². The molecule has 0 spiro atoms. The van der Waals surface area contributed by atoms with Crippen LogP contribution in [0.2, 0.25) is 0 Å². The predicted octanol–water partition coefficient (Wildman–Crippen LogP) is 2.75. The van der Waals surface area contributed by atoms with E-state index >= 15 is 0 Å². The number of carboxylic acid groups (broad SMARTS) is 1. The third-order valence-electron chi connectivity index (χ3n) is 3.13. The predicted molar refractivity (Wildman–Crippen MR) is 80.3 cm³/mol. The molecular weight excluding hydrogens is 270 g/mol. The van der Waals surface area contributed by atoms with Crippen LogP contribution in [0.4, 0.5) is 5.69 Å². The molecule has 0 aromatic heterocycles. The Morgan fingerprint density at radius 1 is 1.19 bits per heavy atom.